The molecule has 1 unspecified atom stereocenters. The van der Waals surface area contributed by atoms with Crippen molar-refractivity contribution in [1.29, 1.82) is 0 Å². The SMILES string of the molecule is O=C(OC1Cc2cc(F)ccc2C1=O)c1ncc[nH]1. The average Bonchev–Trinajstić information content (AvgIpc) is 2.99. The summed E-state index contributed by atoms with van der Waals surface area (Å²) < 4.78 is 18.2. The first-order valence-corrected chi connectivity index (χ1v) is 5.68. The molecule has 0 fully saturated rings. The molecule has 1 aromatic heterocycles. The van der Waals surface area contributed by atoms with E-state index in [1.54, 1.807) is 0 Å². The van der Waals surface area contributed by atoms with Crippen LogP contribution in [0.1, 0.15) is 26.5 Å². The lowest BCUT2D eigenvalue weighted by Crippen LogP contribution is -2.24. The fourth-order valence-electron chi connectivity index (χ4n) is 2.09. The second-order valence-electron chi connectivity index (χ2n) is 4.20. The molecule has 0 aliphatic heterocycles. The minimum Gasteiger partial charge on any atom is -0.448 e. The van der Waals surface area contributed by atoms with Gasteiger partial charge in [0.15, 0.2) is 6.10 Å². The van der Waals surface area contributed by atoms with Crippen LogP contribution in [0.3, 0.4) is 0 Å². The molecule has 1 aliphatic carbocycles. The van der Waals surface area contributed by atoms with Crippen molar-refractivity contribution in [1.82, 2.24) is 9.97 Å². The first kappa shape index (κ1) is 11.6. The zero-order valence-electron chi connectivity index (χ0n) is 9.72. The summed E-state index contributed by atoms with van der Waals surface area (Å²) in [6.45, 7) is 0. The van der Waals surface area contributed by atoms with Gasteiger partial charge < -0.3 is 9.72 Å². The number of carbonyl (C=O) groups excluding carboxylic acids is 2. The van der Waals surface area contributed by atoms with Crippen LogP contribution in [0.5, 0.6) is 0 Å². The summed E-state index contributed by atoms with van der Waals surface area (Å²) >= 11 is 0. The monoisotopic (exact) mass is 260 g/mol. The number of fused-ring (bicyclic) bond motifs is 1. The van der Waals surface area contributed by atoms with Crippen LogP contribution in [0.4, 0.5) is 4.39 Å². The van der Waals surface area contributed by atoms with Gasteiger partial charge in [-0.05, 0) is 23.8 Å². The maximum Gasteiger partial charge on any atom is 0.375 e. The van der Waals surface area contributed by atoms with E-state index in [4.69, 9.17) is 4.74 Å². The van der Waals surface area contributed by atoms with Gasteiger partial charge in [-0.25, -0.2) is 14.2 Å². The van der Waals surface area contributed by atoms with Crippen molar-refractivity contribution < 1.29 is 18.7 Å². The Hall–Kier alpha value is -2.50. The molecule has 0 radical (unpaired) electrons. The molecule has 2 aromatic rings. The number of hydrogen-bond acceptors (Lipinski definition) is 4. The number of rotatable bonds is 2. The molecule has 0 amide bonds. The highest BCUT2D eigenvalue weighted by Crippen LogP contribution is 2.25. The molecule has 5 nitrogen and oxygen atoms in total. The summed E-state index contributed by atoms with van der Waals surface area (Å²) in [4.78, 5) is 30.0. The predicted molar refractivity (Wildman–Crippen MR) is 62.2 cm³/mol. The van der Waals surface area contributed by atoms with Gasteiger partial charge in [0.2, 0.25) is 11.6 Å². The molecule has 3 rings (SSSR count). The second-order valence-corrected chi connectivity index (χ2v) is 4.20. The first-order valence-electron chi connectivity index (χ1n) is 5.68. The highest BCUT2D eigenvalue weighted by atomic mass is 19.1. The summed E-state index contributed by atoms with van der Waals surface area (Å²) in [5, 5.41) is 0. The molecule has 0 spiro atoms. The molecule has 6 heteroatoms. The van der Waals surface area contributed by atoms with E-state index in [9.17, 15) is 14.0 Å². The van der Waals surface area contributed by atoms with Gasteiger partial charge in [-0.3, -0.25) is 4.79 Å². The Bertz CT molecular complexity index is 652. The summed E-state index contributed by atoms with van der Waals surface area (Å²) in [6, 6.07) is 3.91. The van der Waals surface area contributed by atoms with Crippen LogP contribution in [0, 0.1) is 5.82 Å². The van der Waals surface area contributed by atoms with Gasteiger partial charge in [-0.1, -0.05) is 0 Å². The normalized spacial score (nSPS) is 17.3. The van der Waals surface area contributed by atoms with Crippen molar-refractivity contribution in [2.24, 2.45) is 0 Å². The number of halogens is 1. The van der Waals surface area contributed by atoms with Crippen molar-refractivity contribution >= 4 is 11.8 Å². The van der Waals surface area contributed by atoms with Gasteiger partial charge in [0, 0.05) is 24.4 Å². The number of aromatic nitrogens is 2. The number of ketones is 1. The van der Waals surface area contributed by atoms with Crippen LogP contribution in [0.2, 0.25) is 0 Å². The molecule has 96 valence electrons. The van der Waals surface area contributed by atoms with Crippen molar-refractivity contribution in [2.75, 3.05) is 0 Å². The number of benzene rings is 1. The number of imidazole rings is 1. The number of nitrogens with one attached hydrogen (secondary N) is 1. The van der Waals surface area contributed by atoms with E-state index < -0.39 is 17.9 Å². The highest BCUT2D eigenvalue weighted by Gasteiger charge is 2.34. The third kappa shape index (κ3) is 2.01. The van der Waals surface area contributed by atoms with Crippen LogP contribution in [-0.4, -0.2) is 27.8 Å². The fourth-order valence-corrected chi connectivity index (χ4v) is 2.09. The van der Waals surface area contributed by atoms with E-state index in [2.05, 4.69) is 9.97 Å². The van der Waals surface area contributed by atoms with Crippen LogP contribution in [0.15, 0.2) is 30.6 Å². The van der Waals surface area contributed by atoms with E-state index in [-0.39, 0.29) is 18.0 Å². The Kier molecular flexibility index (Phi) is 2.63. The van der Waals surface area contributed by atoms with E-state index in [0.717, 1.165) is 0 Å². The van der Waals surface area contributed by atoms with E-state index in [1.807, 2.05) is 0 Å². The van der Waals surface area contributed by atoms with Crippen molar-refractivity contribution in [3.8, 4) is 0 Å². The molecular formula is C13H9FN2O3. The molecule has 0 saturated heterocycles. The molecular weight excluding hydrogens is 251 g/mol. The van der Waals surface area contributed by atoms with Crippen molar-refractivity contribution in [2.45, 2.75) is 12.5 Å². The first-order chi connectivity index (χ1) is 9.15. The van der Waals surface area contributed by atoms with Crippen LogP contribution >= 0.6 is 0 Å². The summed E-state index contributed by atoms with van der Waals surface area (Å²) in [7, 11) is 0. The largest absolute Gasteiger partial charge is 0.448 e. The van der Waals surface area contributed by atoms with Gasteiger partial charge >= 0.3 is 5.97 Å². The Morgan fingerprint density at radius 2 is 2.32 bits per heavy atom. The molecule has 1 aliphatic rings. The Morgan fingerprint density at radius 1 is 1.47 bits per heavy atom. The van der Waals surface area contributed by atoms with Gasteiger partial charge in [0.1, 0.15) is 5.82 Å². The number of ether oxygens (including phenoxy) is 1. The molecule has 0 bridgehead atoms. The summed E-state index contributed by atoms with van der Waals surface area (Å²) in [5.41, 5.74) is 0.959. The highest BCUT2D eigenvalue weighted by molar-refractivity contribution is 6.05. The van der Waals surface area contributed by atoms with Crippen LogP contribution in [-0.2, 0) is 11.2 Å². The predicted octanol–water partition coefficient (Wildman–Crippen LogP) is 1.51. The van der Waals surface area contributed by atoms with E-state index in [1.165, 1.54) is 30.6 Å². The number of carbonyl (C=O) groups is 2. The maximum absolute atomic E-state index is 13.1. The quantitative estimate of drug-likeness (QED) is 0.831. The van der Waals surface area contributed by atoms with Crippen LogP contribution < -0.4 is 0 Å². The Labute approximate surface area is 107 Å². The number of esters is 1. The van der Waals surface area contributed by atoms with Crippen LogP contribution in [0.25, 0.3) is 0 Å². The smallest absolute Gasteiger partial charge is 0.375 e. The lowest BCUT2D eigenvalue weighted by atomic mass is 10.1. The third-order valence-electron chi connectivity index (χ3n) is 2.97. The zero-order valence-corrected chi connectivity index (χ0v) is 9.72. The van der Waals surface area contributed by atoms with Gasteiger partial charge in [0.05, 0.1) is 0 Å². The maximum atomic E-state index is 13.1. The molecule has 0 saturated carbocycles. The zero-order chi connectivity index (χ0) is 13.4. The topological polar surface area (TPSA) is 72.1 Å². The number of H-pyrrole nitrogens is 1. The van der Waals surface area contributed by atoms with E-state index in [0.29, 0.717) is 11.1 Å². The van der Waals surface area contributed by atoms with Gasteiger partial charge in [-0.15, -0.1) is 0 Å². The molecule has 19 heavy (non-hydrogen) atoms. The van der Waals surface area contributed by atoms with Crippen molar-refractivity contribution in [3.63, 3.8) is 0 Å². The lowest BCUT2D eigenvalue weighted by Gasteiger charge is -2.08. The van der Waals surface area contributed by atoms with Gasteiger partial charge in [0.25, 0.3) is 0 Å². The number of Topliss-reactive ketones (excluding diaryl/α,β-unsaturated/α-hetero) is 1. The third-order valence-corrected chi connectivity index (χ3v) is 2.97. The second kappa shape index (κ2) is 4.31. The van der Waals surface area contributed by atoms with E-state index >= 15 is 0 Å². The number of aromatic amines is 1. The molecule has 1 aromatic carbocycles. The van der Waals surface area contributed by atoms with Crippen molar-refractivity contribution in [3.05, 3.63) is 53.4 Å². The number of nitrogens with zero attached hydrogens (tertiary/aromatic N) is 1. The minimum absolute atomic E-state index is 0.0370. The summed E-state index contributed by atoms with van der Waals surface area (Å²) in [6.07, 6.45) is 2.18. The molecule has 1 heterocycles. The number of hydrogen-bond donors (Lipinski definition) is 1. The minimum atomic E-state index is -0.908. The lowest BCUT2D eigenvalue weighted by molar-refractivity contribution is 0.0293. The Balaban J connectivity index is 1.79. The average molecular weight is 260 g/mol. The molecule has 1 atom stereocenters. The summed E-state index contributed by atoms with van der Waals surface area (Å²) in [5.74, 6) is -1.38. The molecule has 1 N–H and O–H groups in total. The van der Waals surface area contributed by atoms with Gasteiger partial charge in [-0.2, -0.15) is 0 Å². The fraction of sp³-hybridized carbons (Fsp3) is 0.154. The Morgan fingerprint density at radius 3 is 3.05 bits per heavy atom. The standard InChI is InChI=1S/C13H9FN2O3/c14-8-1-2-9-7(5-8)6-10(11(9)17)19-13(18)12-15-3-4-16-12/h1-5,10H,6H2,(H,15,16).